The average Bonchev–Trinajstić information content (AvgIpc) is 2.81. The summed E-state index contributed by atoms with van der Waals surface area (Å²) >= 11 is 0. The molecule has 0 bridgehead atoms. The lowest BCUT2D eigenvalue weighted by Gasteiger charge is -2.13. The molecule has 32 heavy (non-hydrogen) atoms. The quantitative estimate of drug-likeness (QED) is 0.565. The Morgan fingerprint density at radius 1 is 1.03 bits per heavy atom. The Morgan fingerprint density at radius 3 is 2.41 bits per heavy atom. The van der Waals surface area contributed by atoms with Gasteiger partial charge in [0.05, 0.1) is 22.6 Å². The second-order valence-corrected chi connectivity index (χ2v) is 8.72. The zero-order valence-electron chi connectivity index (χ0n) is 16.7. The minimum atomic E-state index is -3.73. The van der Waals surface area contributed by atoms with Crippen LogP contribution in [0.5, 0.6) is 0 Å². The average molecular weight is 447 g/mol. The van der Waals surface area contributed by atoms with Gasteiger partial charge in [0.2, 0.25) is 0 Å². The van der Waals surface area contributed by atoms with Crippen LogP contribution in [0.1, 0.15) is 6.42 Å². The fraction of sp³-hybridized carbons (Fsp3) is 0.0870. The van der Waals surface area contributed by atoms with Gasteiger partial charge in [0.15, 0.2) is 0 Å². The maximum atomic E-state index is 13.1. The number of nitrogens with zero attached hydrogens (tertiary/aromatic N) is 3. The molecule has 0 aliphatic heterocycles. The number of anilines is 3. The zero-order chi connectivity index (χ0) is 22.6. The lowest BCUT2D eigenvalue weighted by atomic mass is 10.0. The highest BCUT2D eigenvalue weighted by atomic mass is 32.2. The van der Waals surface area contributed by atoms with Crippen molar-refractivity contribution >= 4 is 27.2 Å². The van der Waals surface area contributed by atoms with E-state index in [0.717, 1.165) is 5.56 Å². The van der Waals surface area contributed by atoms with Crippen LogP contribution in [-0.4, -0.2) is 18.4 Å². The molecular weight excluding hydrogens is 429 g/mol. The smallest absolute Gasteiger partial charge is 0.261 e. The van der Waals surface area contributed by atoms with Gasteiger partial charge in [0, 0.05) is 23.0 Å². The molecule has 1 aromatic heterocycles. The summed E-state index contributed by atoms with van der Waals surface area (Å²) in [5, 5.41) is 12.0. The molecule has 1 aliphatic rings. The van der Waals surface area contributed by atoms with Crippen molar-refractivity contribution in [3.05, 3.63) is 89.9 Å². The van der Waals surface area contributed by atoms with Crippen molar-refractivity contribution in [1.82, 2.24) is 9.97 Å². The molecule has 2 aromatic carbocycles. The molecule has 0 spiro atoms. The van der Waals surface area contributed by atoms with Crippen LogP contribution in [-0.2, 0) is 10.0 Å². The van der Waals surface area contributed by atoms with Crippen molar-refractivity contribution in [3.8, 4) is 17.3 Å². The van der Waals surface area contributed by atoms with Crippen LogP contribution >= 0.6 is 0 Å². The number of halogens is 1. The second kappa shape index (κ2) is 8.99. The molecule has 0 radical (unpaired) electrons. The van der Waals surface area contributed by atoms with E-state index in [1.807, 2.05) is 0 Å². The second-order valence-electron chi connectivity index (χ2n) is 7.04. The van der Waals surface area contributed by atoms with E-state index in [4.69, 9.17) is 5.26 Å². The topological polar surface area (TPSA) is 108 Å². The third-order valence-electron chi connectivity index (χ3n) is 4.76. The summed E-state index contributed by atoms with van der Waals surface area (Å²) in [6, 6.07) is 16.5. The van der Waals surface area contributed by atoms with Gasteiger partial charge in [-0.05, 0) is 61.0 Å². The minimum Gasteiger partial charge on any atom is -0.340 e. The molecule has 1 aliphatic carbocycles. The molecule has 9 heteroatoms. The zero-order valence-corrected chi connectivity index (χ0v) is 17.6. The van der Waals surface area contributed by atoms with Crippen molar-refractivity contribution < 1.29 is 12.8 Å². The molecule has 4 rings (SSSR count). The molecule has 1 unspecified atom stereocenters. The lowest BCUT2D eigenvalue weighted by Crippen LogP contribution is -2.15. The third kappa shape index (κ3) is 4.99. The minimum absolute atomic E-state index is 0.139. The van der Waals surface area contributed by atoms with Crippen molar-refractivity contribution in [2.24, 2.45) is 5.92 Å². The van der Waals surface area contributed by atoms with Crippen LogP contribution in [0, 0.1) is 23.1 Å². The van der Waals surface area contributed by atoms with E-state index < -0.39 is 10.0 Å². The first-order chi connectivity index (χ1) is 15.4. The van der Waals surface area contributed by atoms with E-state index >= 15 is 0 Å². The van der Waals surface area contributed by atoms with Gasteiger partial charge in [-0.1, -0.05) is 12.2 Å². The summed E-state index contributed by atoms with van der Waals surface area (Å²) in [7, 11) is -3.73. The van der Waals surface area contributed by atoms with Crippen LogP contribution in [0.3, 0.4) is 0 Å². The maximum absolute atomic E-state index is 13.1. The Balaban J connectivity index is 1.44. The Morgan fingerprint density at radius 2 is 1.75 bits per heavy atom. The summed E-state index contributed by atoms with van der Waals surface area (Å²) in [5.74, 6) is -0.0825. The first-order valence-electron chi connectivity index (χ1n) is 9.69. The highest BCUT2D eigenvalue weighted by Crippen LogP contribution is 2.25. The van der Waals surface area contributed by atoms with Gasteiger partial charge in [-0.25, -0.2) is 22.8 Å². The molecule has 7 nitrogen and oxygen atoms in total. The standard InChI is InChI=1S/C23H18FN5O2S/c24-18-5-3-17(4-6-18)22-13-23(27-15-26-22)28-19-7-9-20(10-8-19)29-32(30,31)21-11-1-16(14-25)2-12-21/h1,3-13,15-16,29H,2H2,(H,26,27,28). The molecule has 0 fully saturated rings. The monoisotopic (exact) mass is 447 g/mol. The SMILES string of the molecule is N#CC1C=CC(S(=O)(=O)Nc2ccc(Nc3cc(-c4ccc(F)cc4)ncn3)cc2)=CC1. The van der Waals surface area contributed by atoms with Gasteiger partial charge >= 0.3 is 0 Å². The number of hydrogen-bond acceptors (Lipinski definition) is 6. The summed E-state index contributed by atoms with van der Waals surface area (Å²) < 4.78 is 40.8. The number of nitriles is 1. The van der Waals surface area contributed by atoms with E-state index in [-0.39, 0.29) is 16.6 Å². The number of hydrogen-bond donors (Lipinski definition) is 2. The Bertz CT molecular complexity index is 1330. The Labute approximate surface area is 185 Å². The number of aromatic nitrogens is 2. The van der Waals surface area contributed by atoms with Crippen LogP contribution in [0.25, 0.3) is 11.3 Å². The summed E-state index contributed by atoms with van der Waals surface area (Å²) in [6.07, 6.45) is 6.35. The lowest BCUT2D eigenvalue weighted by molar-refractivity contribution is 0.607. The molecule has 0 saturated carbocycles. The van der Waals surface area contributed by atoms with E-state index in [0.29, 0.717) is 29.3 Å². The Kier molecular flexibility index (Phi) is 5.96. The molecule has 3 aromatic rings. The van der Waals surface area contributed by atoms with Crippen molar-refractivity contribution in [3.63, 3.8) is 0 Å². The van der Waals surface area contributed by atoms with Crippen molar-refractivity contribution in [2.45, 2.75) is 6.42 Å². The first-order valence-corrected chi connectivity index (χ1v) is 11.2. The summed E-state index contributed by atoms with van der Waals surface area (Å²) in [4.78, 5) is 8.54. The van der Waals surface area contributed by atoms with E-state index in [2.05, 4.69) is 26.1 Å². The van der Waals surface area contributed by atoms with Gasteiger partial charge in [-0.3, -0.25) is 4.72 Å². The van der Waals surface area contributed by atoms with E-state index in [1.54, 1.807) is 54.6 Å². The van der Waals surface area contributed by atoms with Gasteiger partial charge < -0.3 is 5.32 Å². The fourth-order valence-electron chi connectivity index (χ4n) is 3.08. The summed E-state index contributed by atoms with van der Waals surface area (Å²) in [5.41, 5.74) is 2.50. The fourth-order valence-corrected chi connectivity index (χ4v) is 4.22. The number of sulfonamides is 1. The molecule has 2 N–H and O–H groups in total. The molecule has 1 atom stereocenters. The van der Waals surface area contributed by atoms with E-state index in [9.17, 15) is 12.8 Å². The first kappa shape index (κ1) is 21.2. The van der Waals surface area contributed by atoms with Gasteiger partial charge in [-0.2, -0.15) is 5.26 Å². The third-order valence-corrected chi connectivity index (χ3v) is 6.19. The normalized spacial score (nSPS) is 15.5. The predicted molar refractivity (Wildman–Crippen MR) is 121 cm³/mol. The molecule has 1 heterocycles. The van der Waals surface area contributed by atoms with Crippen LogP contribution < -0.4 is 10.0 Å². The van der Waals surface area contributed by atoms with Gasteiger partial charge in [0.1, 0.15) is 18.0 Å². The van der Waals surface area contributed by atoms with Crippen molar-refractivity contribution in [1.29, 1.82) is 5.26 Å². The number of allylic oxidation sites excluding steroid dienone is 3. The van der Waals surface area contributed by atoms with Crippen LogP contribution in [0.2, 0.25) is 0 Å². The largest absolute Gasteiger partial charge is 0.340 e. The summed E-state index contributed by atoms with van der Waals surface area (Å²) in [6.45, 7) is 0. The van der Waals surface area contributed by atoms with Crippen LogP contribution in [0.15, 0.2) is 84.1 Å². The molecule has 160 valence electrons. The highest BCUT2D eigenvalue weighted by Gasteiger charge is 2.19. The van der Waals surface area contributed by atoms with E-state index in [1.165, 1.54) is 24.5 Å². The van der Waals surface area contributed by atoms with Crippen molar-refractivity contribution in [2.75, 3.05) is 10.0 Å². The maximum Gasteiger partial charge on any atom is 0.261 e. The molecule has 0 saturated heterocycles. The molecule has 0 amide bonds. The van der Waals surface area contributed by atoms with Gasteiger partial charge in [-0.15, -0.1) is 0 Å². The predicted octanol–water partition coefficient (Wildman–Crippen LogP) is 4.75. The number of nitrogens with one attached hydrogen (secondary N) is 2. The number of rotatable bonds is 6. The molecular formula is C23H18FN5O2S. The Hall–Kier alpha value is -4.03. The van der Waals surface area contributed by atoms with Crippen LogP contribution in [0.4, 0.5) is 21.6 Å². The van der Waals surface area contributed by atoms with Gasteiger partial charge in [0.25, 0.3) is 10.0 Å². The highest BCUT2D eigenvalue weighted by molar-refractivity contribution is 7.96. The number of benzene rings is 2.